The van der Waals surface area contributed by atoms with Crippen molar-refractivity contribution in [3.63, 3.8) is 0 Å². The standard InChI is InChI=1S/C18H29N5OS/c1-3-19-18(23-11-9-22(10-12-23)15(2)24)20-6-8-21-7-4-17-16(14-21)5-13-25-17/h5,13H,3-4,6-12,14H2,1-2H3,(H,19,20). The van der Waals surface area contributed by atoms with Gasteiger partial charge in [-0.3, -0.25) is 14.7 Å². The molecule has 6 nitrogen and oxygen atoms in total. The van der Waals surface area contributed by atoms with E-state index >= 15 is 0 Å². The number of rotatable bonds is 4. The summed E-state index contributed by atoms with van der Waals surface area (Å²) >= 11 is 1.88. The number of nitrogens with one attached hydrogen (secondary N) is 1. The lowest BCUT2D eigenvalue weighted by Gasteiger charge is -2.36. The largest absolute Gasteiger partial charge is 0.357 e. The lowest BCUT2D eigenvalue weighted by molar-refractivity contribution is -0.130. The van der Waals surface area contributed by atoms with Crippen LogP contribution in [0.15, 0.2) is 16.4 Å². The Morgan fingerprint density at radius 3 is 2.72 bits per heavy atom. The van der Waals surface area contributed by atoms with Gasteiger partial charge in [0.15, 0.2) is 5.96 Å². The van der Waals surface area contributed by atoms with Crippen LogP contribution < -0.4 is 5.32 Å². The second-order valence-electron chi connectivity index (χ2n) is 6.62. The summed E-state index contributed by atoms with van der Waals surface area (Å²) in [6.07, 6.45) is 1.17. The predicted molar refractivity (Wildman–Crippen MR) is 103 cm³/mol. The molecule has 3 rings (SSSR count). The highest BCUT2D eigenvalue weighted by atomic mass is 32.1. The highest BCUT2D eigenvalue weighted by molar-refractivity contribution is 7.10. The quantitative estimate of drug-likeness (QED) is 0.646. The Hall–Kier alpha value is -1.60. The third-order valence-corrected chi connectivity index (χ3v) is 5.95. The maximum Gasteiger partial charge on any atom is 0.219 e. The minimum atomic E-state index is 0.166. The number of aliphatic imine (C=N–C) groups is 1. The molecule has 7 heteroatoms. The van der Waals surface area contributed by atoms with Crippen LogP contribution in [0.2, 0.25) is 0 Å². The molecule has 1 saturated heterocycles. The van der Waals surface area contributed by atoms with Gasteiger partial charge in [-0.25, -0.2) is 0 Å². The van der Waals surface area contributed by atoms with Gasteiger partial charge in [0.2, 0.25) is 5.91 Å². The summed E-state index contributed by atoms with van der Waals surface area (Å²) in [6, 6.07) is 2.26. The molecule has 0 aliphatic carbocycles. The summed E-state index contributed by atoms with van der Waals surface area (Å²) in [5.41, 5.74) is 1.49. The summed E-state index contributed by atoms with van der Waals surface area (Å²) in [5.74, 6) is 1.15. The van der Waals surface area contributed by atoms with E-state index in [0.29, 0.717) is 0 Å². The molecule has 1 amide bonds. The first-order chi connectivity index (χ1) is 12.2. The Kier molecular flexibility index (Phi) is 6.31. The molecule has 1 aromatic heterocycles. The van der Waals surface area contributed by atoms with Crippen molar-refractivity contribution >= 4 is 23.2 Å². The van der Waals surface area contributed by atoms with Crippen LogP contribution in [0.5, 0.6) is 0 Å². The Morgan fingerprint density at radius 2 is 2.00 bits per heavy atom. The number of amides is 1. The number of carbonyl (C=O) groups excluding carboxylic acids is 1. The van der Waals surface area contributed by atoms with E-state index in [1.54, 1.807) is 11.8 Å². The predicted octanol–water partition coefficient (Wildman–Crippen LogP) is 1.24. The third kappa shape index (κ3) is 4.73. The number of piperazine rings is 1. The van der Waals surface area contributed by atoms with E-state index in [2.05, 4.69) is 33.5 Å². The molecule has 0 spiro atoms. The van der Waals surface area contributed by atoms with Crippen molar-refractivity contribution in [3.05, 3.63) is 21.9 Å². The van der Waals surface area contributed by atoms with E-state index in [1.807, 2.05) is 16.2 Å². The first kappa shape index (κ1) is 18.2. The number of hydrogen-bond acceptors (Lipinski definition) is 4. The molecule has 1 aromatic rings. The van der Waals surface area contributed by atoms with Crippen LogP contribution in [0.4, 0.5) is 0 Å². The van der Waals surface area contributed by atoms with Gasteiger partial charge in [-0.1, -0.05) is 0 Å². The SMILES string of the molecule is CCNC(=NCCN1CCc2sccc2C1)N1CCN(C(C)=O)CC1. The number of nitrogens with zero attached hydrogens (tertiary/aromatic N) is 4. The lowest BCUT2D eigenvalue weighted by atomic mass is 10.1. The molecule has 2 aliphatic heterocycles. The Bertz CT molecular complexity index is 606. The van der Waals surface area contributed by atoms with Crippen LogP contribution in [0.25, 0.3) is 0 Å². The van der Waals surface area contributed by atoms with Crippen LogP contribution in [-0.4, -0.2) is 78.9 Å². The van der Waals surface area contributed by atoms with Gasteiger partial charge in [-0.05, 0) is 30.4 Å². The van der Waals surface area contributed by atoms with Crippen molar-refractivity contribution in [2.24, 2.45) is 4.99 Å². The van der Waals surface area contributed by atoms with E-state index in [9.17, 15) is 4.79 Å². The van der Waals surface area contributed by atoms with Gasteiger partial charge >= 0.3 is 0 Å². The smallest absolute Gasteiger partial charge is 0.219 e. The molecule has 0 bridgehead atoms. The number of thiophene rings is 1. The summed E-state index contributed by atoms with van der Waals surface area (Å²) in [5, 5.41) is 5.61. The van der Waals surface area contributed by atoms with Crippen molar-refractivity contribution in [2.45, 2.75) is 26.8 Å². The topological polar surface area (TPSA) is 51.2 Å². The number of fused-ring (bicyclic) bond motifs is 1. The lowest BCUT2D eigenvalue weighted by Crippen LogP contribution is -2.53. The molecule has 0 atom stereocenters. The molecule has 0 radical (unpaired) electrons. The Morgan fingerprint density at radius 1 is 1.24 bits per heavy atom. The summed E-state index contributed by atoms with van der Waals surface area (Å²) < 4.78 is 0. The summed E-state index contributed by atoms with van der Waals surface area (Å²) in [7, 11) is 0. The van der Waals surface area contributed by atoms with Crippen LogP contribution in [0.1, 0.15) is 24.3 Å². The van der Waals surface area contributed by atoms with Gasteiger partial charge in [0.05, 0.1) is 6.54 Å². The Labute approximate surface area is 154 Å². The van der Waals surface area contributed by atoms with Gasteiger partial charge < -0.3 is 15.1 Å². The highest BCUT2D eigenvalue weighted by Crippen LogP contribution is 2.23. The average Bonchev–Trinajstić information content (AvgIpc) is 3.09. The van der Waals surface area contributed by atoms with Gasteiger partial charge in [-0.15, -0.1) is 11.3 Å². The van der Waals surface area contributed by atoms with Gasteiger partial charge in [-0.2, -0.15) is 0 Å². The first-order valence-corrected chi connectivity index (χ1v) is 10.1. The van der Waals surface area contributed by atoms with Gasteiger partial charge in [0.1, 0.15) is 0 Å². The zero-order chi connectivity index (χ0) is 17.6. The van der Waals surface area contributed by atoms with Crippen molar-refractivity contribution in [1.29, 1.82) is 0 Å². The molecule has 1 fully saturated rings. The molecule has 1 N–H and O–H groups in total. The van der Waals surface area contributed by atoms with E-state index in [1.165, 1.54) is 12.0 Å². The molecule has 2 aliphatic rings. The fourth-order valence-corrected chi connectivity index (χ4v) is 4.34. The van der Waals surface area contributed by atoms with Crippen LogP contribution in [-0.2, 0) is 17.8 Å². The van der Waals surface area contributed by atoms with Crippen molar-refractivity contribution in [1.82, 2.24) is 20.0 Å². The molecule has 25 heavy (non-hydrogen) atoms. The normalized spacial score (nSPS) is 19.0. The Balaban J connectivity index is 1.50. The maximum atomic E-state index is 11.5. The second kappa shape index (κ2) is 8.67. The fraction of sp³-hybridized carbons (Fsp3) is 0.667. The van der Waals surface area contributed by atoms with Crippen molar-refractivity contribution in [3.8, 4) is 0 Å². The molecular formula is C18H29N5OS. The fourth-order valence-electron chi connectivity index (χ4n) is 3.45. The van der Waals surface area contributed by atoms with Crippen LogP contribution in [0, 0.1) is 0 Å². The monoisotopic (exact) mass is 363 g/mol. The van der Waals surface area contributed by atoms with Crippen molar-refractivity contribution in [2.75, 3.05) is 52.4 Å². The first-order valence-electron chi connectivity index (χ1n) is 9.23. The number of guanidine groups is 1. The summed E-state index contributed by atoms with van der Waals surface area (Å²) in [4.78, 5) is 24.5. The van der Waals surface area contributed by atoms with E-state index in [-0.39, 0.29) is 5.91 Å². The maximum absolute atomic E-state index is 11.5. The van der Waals surface area contributed by atoms with E-state index < -0.39 is 0 Å². The number of carbonyl (C=O) groups is 1. The second-order valence-corrected chi connectivity index (χ2v) is 7.62. The number of hydrogen-bond donors (Lipinski definition) is 1. The van der Waals surface area contributed by atoms with Gasteiger partial charge in [0, 0.05) is 64.2 Å². The van der Waals surface area contributed by atoms with Gasteiger partial charge in [0.25, 0.3) is 0 Å². The van der Waals surface area contributed by atoms with Crippen LogP contribution in [0.3, 0.4) is 0 Å². The zero-order valence-electron chi connectivity index (χ0n) is 15.3. The summed E-state index contributed by atoms with van der Waals surface area (Å²) in [6.45, 7) is 11.9. The molecule has 0 saturated carbocycles. The van der Waals surface area contributed by atoms with Crippen LogP contribution >= 0.6 is 11.3 Å². The highest BCUT2D eigenvalue weighted by Gasteiger charge is 2.21. The molecule has 3 heterocycles. The molecule has 0 aromatic carbocycles. The molecule has 138 valence electrons. The molecule has 0 unspecified atom stereocenters. The minimum Gasteiger partial charge on any atom is -0.357 e. The third-order valence-electron chi connectivity index (χ3n) is 4.92. The van der Waals surface area contributed by atoms with E-state index in [0.717, 1.165) is 64.9 Å². The van der Waals surface area contributed by atoms with E-state index in [4.69, 9.17) is 4.99 Å². The average molecular weight is 364 g/mol. The van der Waals surface area contributed by atoms with Crippen molar-refractivity contribution < 1.29 is 4.79 Å². The zero-order valence-corrected chi connectivity index (χ0v) is 16.1. The minimum absolute atomic E-state index is 0.166. The molecular weight excluding hydrogens is 334 g/mol.